The van der Waals surface area contributed by atoms with E-state index in [1.54, 1.807) is 8.51 Å². The fourth-order valence-corrected chi connectivity index (χ4v) is 6.91. The predicted octanol–water partition coefficient (Wildman–Crippen LogP) is 3.71. The van der Waals surface area contributed by atoms with Gasteiger partial charge in [0.2, 0.25) is 16.2 Å². The molecule has 0 amide bonds. The van der Waals surface area contributed by atoms with Crippen molar-refractivity contribution in [2.75, 3.05) is 0 Å². The van der Waals surface area contributed by atoms with Crippen LogP contribution in [0.25, 0.3) is 0 Å². The van der Waals surface area contributed by atoms with Crippen LogP contribution in [0.5, 0.6) is 0 Å². The molecule has 7 nitrogen and oxygen atoms in total. The number of nitrogens with zero attached hydrogens (tertiary/aromatic N) is 3. The Bertz CT molecular complexity index is 444. The van der Waals surface area contributed by atoms with Gasteiger partial charge in [-0.05, 0) is 55.4 Å². The zero-order chi connectivity index (χ0) is 16.9. The Balaban J connectivity index is 3.36. The molecule has 1 heterocycles. The Kier molecular flexibility index (Phi) is 8.66. The van der Waals surface area contributed by atoms with Gasteiger partial charge in [0, 0.05) is 0 Å². The first kappa shape index (κ1) is 20.2. The summed E-state index contributed by atoms with van der Waals surface area (Å²) in [6.07, 6.45) is 0.163. The molecule has 2 unspecified atom stereocenters. The minimum atomic E-state index is -1.25. The van der Waals surface area contributed by atoms with Crippen LogP contribution in [0.4, 0.5) is 0 Å². The molecule has 0 radical (unpaired) electrons. The second-order valence-electron chi connectivity index (χ2n) is 5.81. The van der Waals surface area contributed by atoms with Gasteiger partial charge in [-0.3, -0.25) is 18.7 Å². The Morgan fingerprint density at radius 2 is 1.32 bits per heavy atom. The molecule has 0 aliphatic rings. The summed E-state index contributed by atoms with van der Waals surface area (Å²) in [7, 11) is -1.78. The molecule has 0 aliphatic heterocycles. The Morgan fingerprint density at radius 3 is 1.77 bits per heavy atom. The molecule has 130 valence electrons. The quantitative estimate of drug-likeness (QED) is 0.697. The molecule has 0 aliphatic carbocycles. The Hall–Kier alpha value is 0.140. The number of rotatable bonds is 8. The minimum Gasteiger partial charge on any atom is -0.299 e. The standard InChI is InChI=1S/C12H28N3O4P3/c1-9(2)16-14-20-13-21(18-11(5)6)15(17-10(3)4)22(14)19-12(7)8/h9-12H,1-8H3. The SMILES string of the molecule is CC(C)On1pnp(OC(C)C)n(OC(C)C)p1OC(C)C. The molecule has 0 aromatic carbocycles. The van der Waals surface area contributed by atoms with E-state index >= 15 is 0 Å². The van der Waals surface area contributed by atoms with Gasteiger partial charge < -0.3 is 0 Å². The van der Waals surface area contributed by atoms with E-state index in [4.69, 9.17) is 18.7 Å². The summed E-state index contributed by atoms with van der Waals surface area (Å²) in [5, 5.41) is 0. The van der Waals surface area contributed by atoms with Gasteiger partial charge in [-0.15, -0.1) is 8.51 Å². The largest absolute Gasteiger partial charge is 0.299 e. The molecule has 0 N–H and O–H groups in total. The van der Waals surface area contributed by atoms with E-state index in [0.29, 0.717) is 8.51 Å². The van der Waals surface area contributed by atoms with Crippen molar-refractivity contribution in [1.82, 2.24) is 13.0 Å². The summed E-state index contributed by atoms with van der Waals surface area (Å²) >= 11 is 0. The van der Waals surface area contributed by atoms with Gasteiger partial charge in [0.15, 0.2) is 8.51 Å². The van der Waals surface area contributed by atoms with Crippen LogP contribution >= 0.6 is 24.7 Å². The summed E-state index contributed by atoms with van der Waals surface area (Å²) in [5.74, 6) is 0. The van der Waals surface area contributed by atoms with Crippen molar-refractivity contribution in [1.29, 1.82) is 0 Å². The molecule has 10 heteroatoms. The number of hydrogen-bond donors (Lipinski definition) is 0. The smallest absolute Gasteiger partial charge is 0.238 e. The summed E-state index contributed by atoms with van der Waals surface area (Å²) in [6, 6.07) is 0. The van der Waals surface area contributed by atoms with Crippen molar-refractivity contribution in [3.05, 3.63) is 0 Å². The van der Waals surface area contributed by atoms with Crippen LogP contribution < -0.4 is 18.7 Å². The highest BCUT2D eigenvalue weighted by molar-refractivity contribution is 7.55. The van der Waals surface area contributed by atoms with Crippen LogP contribution in [0.1, 0.15) is 55.4 Å². The topological polar surface area (TPSA) is 59.7 Å². The molecular formula is C12H28N3O4P3. The monoisotopic (exact) mass is 371 g/mol. The van der Waals surface area contributed by atoms with Crippen LogP contribution in [0.2, 0.25) is 0 Å². The van der Waals surface area contributed by atoms with E-state index in [-0.39, 0.29) is 24.4 Å². The third-order valence-electron chi connectivity index (χ3n) is 1.85. The molecule has 0 saturated carbocycles. The first-order valence-electron chi connectivity index (χ1n) is 7.49. The lowest BCUT2D eigenvalue weighted by molar-refractivity contribution is 0.0675. The summed E-state index contributed by atoms with van der Waals surface area (Å²) in [5.41, 5.74) is 0. The van der Waals surface area contributed by atoms with Gasteiger partial charge in [-0.2, -0.15) is 4.51 Å². The lowest BCUT2D eigenvalue weighted by Crippen LogP contribution is -2.27. The van der Waals surface area contributed by atoms with Gasteiger partial charge >= 0.3 is 0 Å². The lowest BCUT2D eigenvalue weighted by atomic mass is 10.5. The fraction of sp³-hybridized carbons (Fsp3) is 1.00. The maximum Gasteiger partial charge on any atom is 0.238 e. The highest BCUT2D eigenvalue weighted by atomic mass is 31.2. The average Bonchev–Trinajstić information content (AvgIpc) is 2.34. The molecule has 1 aromatic heterocycles. The average molecular weight is 371 g/mol. The normalized spacial score (nSPS) is 14.2. The fourth-order valence-electron chi connectivity index (χ4n) is 1.31. The van der Waals surface area contributed by atoms with Crippen LogP contribution in [-0.2, 0) is 0 Å². The Labute approximate surface area is 136 Å². The molecule has 22 heavy (non-hydrogen) atoms. The maximum atomic E-state index is 6.07. The van der Waals surface area contributed by atoms with Crippen molar-refractivity contribution >= 4 is 24.7 Å². The van der Waals surface area contributed by atoms with E-state index in [9.17, 15) is 0 Å². The Morgan fingerprint density at radius 1 is 0.773 bits per heavy atom. The van der Waals surface area contributed by atoms with Crippen molar-refractivity contribution in [2.45, 2.75) is 79.8 Å². The van der Waals surface area contributed by atoms with Gasteiger partial charge in [0.05, 0.1) is 24.4 Å². The van der Waals surface area contributed by atoms with Gasteiger partial charge in [-0.25, -0.2) is 0 Å². The number of hydrogen-bond acceptors (Lipinski definition) is 5. The number of aromatic nitrogens is 3. The molecular weight excluding hydrogens is 343 g/mol. The first-order valence-corrected chi connectivity index (χ1v) is 10.6. The maximum absolute atomic E-state index is 6.07. The summed E-state index contributed by atoms with van der Waals surface area (Å²) < 4.78 is 20.0. The zero-order valence-electron chi connectivity index (χ0n) is 14.6. The van der Waals surface area contributed by atoms with E-state index in [1.807, 2.05) is 55.4 Å². The van der Waals surface area contributed by atoms with Crippen molar-refractivity contribution in [3.8, 4) is 0 Å². The molecule has 0 saturated heterocycles. The van der Waals surface area contributed by atoms with Gasteiger partial charge in [0.25, 0.3) is 0 Å². The zero-order valence-corrected chi connectivity index (χ0v) is 17.3. The van der Waals surface area contributed by atoms with Crippen LogP contribution in [0, 0.1) is 0 Å². The molecule has 1 aromatic rings. The van der Waals surface area contributed by atoms with Crippen LogP contribution in [-0.4, -0.2) is 37.4 Å². The van der Waals surface area contributed by atoms with E-state index in [1.165, 1.54) is 0 Å². The summed E-state index contributed by atoms with van der Waals surface area (Å²) in [6.45, 7) is 15.9. The highest BCUT2D eigenvalue weighted by Gasteiger charge is 2.19. The third kappa shape index (κ3) is 6.72. The molecule has 2 atom stereocenters. The van der Waals surface area contributed by atoms with Crippen molar-refractivity contribution < 1.29 is 18.7 Å². The lowest BCUT2D eigenvalue weighted by Gasteiger charge is -2.23. The van der Waals surface area contributed by atoms with Gasteiger partial charge in [0.1, 0.15) is 0 Å². The van der Waals surface area contributed by atoms with E-state index < -0.39 is 16.2 Å². The van der Waals surface area contributed by atoms with Crippen LogP contribution in [0.3, 0.4) is 0 Å². The van der Waals surface area contributed by atoms with Crippen LogP contribution in [0.15, 0.2) is 0 Å². The van der Waals surface area contributed by atoms with Crippen molar-refractivity contribution in [3.63, 3.8) is 0 Å². The molecule has 1 rings (SSSR count). The summed E-state index contributed by atoms with van der Waals surface area (Å²) in [4.78, 5) is 11.8. The molecule has 0 fully saturated rings. The second-order valence-corrected chi connectivity index (χ2v) is 10.2. The third-order valence-corrected chi connectivity index (χ3v) is 7.03. The highest BCUT2D eigenvalue weighted by Crippen LogP contribution is 2.37. The van der Waals surface area contributed by atoms with Gasteiger partial charge in [-0.1, -0.05) is 0 Å². The molecule has 0 bridgehead atoms. The molecule has 0 spiro atoms. The van der Waals surface area contributed by atoms with E-state index in [0.717, 1.165) is 0 Å². The first-order chi connectivity index (χ1) is 10.2. The second kappa shape index (κ2) is 9.44. The minimum absolute atomic E-state index is 0.00684. The predicted molar refractivity (Wildman–Crippen MR) is 92.6 cm³/mol. The van der Waals surface area contributed by atoms with Crippen molar-refractivity contribution in [2.24, 2.45) is 0 Å². The van der Waals surface area contributed by atoms with E-state index in [2.05, 4.69) is 4.51 Å².